The Bertz CT molecular complexity index is 353. The maximum Gasteiger partial charge on any atom is 0.136 e. The fourth-order valence-corrected chi connectivity index (χ4v) is 5.91. The van der Waals surface area contributed by atoms with E-state index in [1.54, 1.807) is 0 Å². The number of carbonyl (C=O) groups is 1. The monoisotopic (exact) mass is 318 g/mol. The van der Waals surface area contributed by atoms with Crippen molar-refractivity contribution in [3.63, 3.8) is 0 Å². The van der Waals surface area contributed by atoms with Gasteiger partial charge >= 0.3 is 0 Å². The molecule has 0 saturated heterocycles. The lowest BCUT2D eigenvalue weighted by molar-refractivity contribution is -0.127. The molecule has 0 aromatic heterocycles. The van der Waals surface area contributed by atoms with E-state index >= 15 is 0 Å². The molecule has 0 amide bonds. The summed E-state index contributed by atoms with van der Waals surface area (Å²) in [7, 11) is 0. The summed E-state index contributed by atoms with van der Waals surface area (Å²) in [6.07, 6.45) is 23.0. The molecule has 0 N–H and O–H groups in total. The minimum absolute atomic E-state index is 0.451. The lowest BCUT2D eigenvalue weighted by atomic mass is 9.64. The maximum atomic E-state index is 12.7. The van der Waals surface area contributed by atoms with E-state index in [4.69, 9.17) is 0 Å². The van der Waals surface area contributed by atoms with Crippen LogP contribution < -0.4 is 0 Å². The first-order valence-corrected chi connectivity index (χ1v) is 10.9. The number of hydrogen-bond acceptors (Lipinski definition) is 1. The summed E-state index contributed by atoms with van der Waals surface area (Å²) >= 11 is 0. The van der Waals surface area contributed by atoms with Crippen molar-refractivity contribution in [2.75, 3.05) is 0 Å². The smallest absolute Gasteiger partial charge is 0.136 e. The van der Waals surface area contributed by atoms with Crippen LogP contribution in [0.4, 0.5) is 0 Å². The Labute approximate surface area is 144 Å². The third kappa shape index (κ3) is 5.07. The van der Waals surface area contributed by atoms with Gasteiger partial charge in [0.05, 0.1) is 0 Å². The van der Waals surface area contributed by atoms with Crippen LogP contribution in [0.5, 0.6) is 0 Å². The van der Waals surface area contributed by atoms with E-state index in [-0.39, 0.29) is 0 Å². The summed E-state index contributed by atoms with van der Waals surface area (Å²) < 4.78 is 0. The van der Waals surface area contributed by atoms with Gasteiger partial charge in [-0.15, -0.1) is 0 Å². The SMILES string of the molecule is O=C(CCCCCC1CCCCC1)C1CCCC2CCCCC21. The van der Waals surface area contributed by atoms with Crippen molar-refractivity contribution in [3.05, 3.63) is 0 Å². The van der Waals surface area contributed by atoms with Crippen LogP contribution in [-0.2, 0) is 4.79 Å². The molecule has 0 radical (unpaired) electrons. The molecule has 3 rings (SSSR count). The van der Waals surface area contributed by atoms with Crippen molar-refractivity contribution in [1.82, 2.24) is 0 Å². The summed E-state index contributed by atoms with van der Waals surface area (Å²) in [4.78, 5) is 12.7. The number of unbranched alkanes of at least 4 members (excludes halogenated alkanes) is 2. The lowest BCUT2D eigenvalue weighted by Crippen LogP contribution is -2.35. The molecule has 1 heteroatoms. The average Bonchev–Trinajstić information content (AvgIpc) is 2.61. The largest absolute Gasteiger partial charge is 0.299 e. The van der Waals surface area contributed by atoms with Crippen molar-refractivity contribution in [2.45, 2.75) is 109 Å². The molecular weight excluding hydrogens is 280 g/mol. The molecule has 3 saturated carbocycles. The predicted molar refractivity (Wildman–Crippen MR) is 97.5 cm³/mol. The Morgan fingerprint density at radius 1 is 0.696 bits per heavy atom. The van der Waals surface area contributed by atoms with Crippen LogP contribution in [0.15, 0.2) is 0 Å². The molecule has 0 aromatic rings. The Morgan fingerprint density at radius 2 is 1.43 bits per heavy atom. The topological polar surface area (TPSA) is 17.1 Å². The molecule has 3 fully saturated rings. The van der Waals surface area contributed by atoms with Crippen molar-refractivity contribution >= 4 is 5.78 Å². The predicted octanol–water partition coefficient (Wildman–Crippen LogP) is 6.69. The summed E-state index contributed by atoms with van der Waals surface area (Å²) in [6.45, 7) is 0. The summed E-state index contributed by atoms with van der Waals surface area (Å²) in [5.74, 6) is 3.78. The van der Waals surface area contributed by atoms with Crippen molar-refractivity contribution < 1.29 is 4.79 Å². The summed E-state index contributed by atoms with van der Waals surface area (Å²) in [5.41, 5.74) is 0. The minimum Gasteiger partial charge on any atom is -0.299 e. The Morgan fingerprint density at radius 3 is 2.30 bits per heavy atom. The maximum absolute atomic E-state index is 12.7. The molecule has 1 nitrogen and oxygen atoms in total. The molecule has 3 unspecified atom stereocenters. The van der Waals surface area contributed by atoms with Gasteiger partial charge in [0.1, 0.15) is 5.78 Å². The van der Waals surface area contributed by atoms with Crippen LogP contribution in [0.1, 0.15) is 109 Å². The van der Waals surface area contributed by atoms with Gasteiger partial charge in [0.25, 0.3) is 0 Å². The van der Waals surface area contributed by atoms with Crippen molar-refractivity contribution in [2.24, 2.45) is 23.7 Å². The van der Waals surface area contributed by atoms with E-state index in [9.17, 15) is 4.79 Å². The summed E-state index contributed by atoms with van der Waals surface area (Å²) in [6, 6.07) is 0. The van der Waals surface area contributed by atoms with Gasteiger partial charge in [-0.05, 0) is 37.0 Å². The van der Waals surface area contributed by atoms with Crippen LogP contribution in [0.3, 0.4) is 0 Å². The lowest BCUT2D eigenvalue weighted by Gasteiger charge is -2.40. The Balaban J connectivity index is 1.32. The fraction of sp³-hybridized carbons (Fsp3) is 0.955. The van der Waals surface area contributed by atoms with Gasteiger partial charge in [0.15, 0.2) is 0 Å². The highest BCUT2D eigenvalue weighted by atomic mass is 16.1. The van der Waals surface area contributed by atoms with E-state index < -0.39 is 0 Å². The molecule has 3 atom stereocenters. The zero-order valence-electron chi connectivity index (χ0n) is 15.2. The zero-order valence-corrected chi connectivity index (χ0v) is 15.2. The molecule has 0 heterocycles. The van der Waals surface area contributed by atoms with E-state index in [0.717, 1.165) is 24.2 Å². The highest BCUT2D eigenvalue weighted by Gasteiger charge is 2.37. The number of rotatable bonds is 7. The van der Waals surface area contributed by atoms with Gasteiger partial charge < -0.3 is 0 Å². The first kappa shape index (κ1) is 17.5. The number of ketones is 1. The molecule has 0 spiro atoms. The standard InChI is InChI=1S/C22H38O/c23-22(17-6-2-5-12-18-10-3-1-4-11-18)21-16-9-14-19-13-7-8-15-20(19)21/h18-21H,1-17H2. The fourth-order valence-electron chi connectivity index (χ4n) is 5.91. The average molecular weight is 319 g/mol. The second-order valence-corrected chi connectivity index (χ2v) is 8.82. The molecule has 132 valence electrons. The van der Waals surface area contributed by atoms with Crippen molar-refractivity contribution in [1.29, 1.82) is 0 Å². The highest BCUT2D eigenvalue weighted by Crippen LogP contribution is 2.44. The zero-order chi connectivity index (χ0) is 15.9. The third-order valence-corrected chi connectivity index (χ3v) is 7.25. The van der Waals surface area contributed by atoms with Gasteiger partial charge in [-0.1, -0.05) is 83.5 Å². The molecule has 0 aliphatic heterocycles. The molecule has 0 bridgehead atoms. The van der Waals surface area contributed by atoms with Crippen LogP contribution in [0.2, 0.25) is 0 Å². The number of Topliss-reactive ketones (excluding diaryl/α,β-unsaturated/α-hetero) is 1. The van der Waals surface area contributed by atoms with Gasteiger partial charge in [0, 0.05) is 12.3 Å². The number of fused-ring (bicyclic) bond motifs is 1. The van der Waals surface area contributed by atoms with Crippen LogP contribution >= 0.6 is 0 Å². The number of hydrogen-bond donors (Lipinski definition) is 0. The first-order chi connectivity index (χ1) is 11.3. The van der Waals surface area contributed by atoms with Gasteiger partial charge in [-0.2, -0.15) is 0 Å². The van der Waals surface area contributed by atoms with Crippen molar-refractivity contribution in [3.8, 4) is 0 Å². The minimum atomic E-state index is 0.451. The van der Waals surface area contributed by atoms with Gasteiger partial charge in [-0.25, -0.2) is 0 Å². The summed E-state index contributed by atoms with van der Waals surface area (Å²) in [5, 5.41) is 0. The van der Waals surface area contributed by atoms with E-state index in [1.165, 1.54) is 103 Å². The molecule has 3 aliphatic rings. The normalized spacial score (nSPS) is 32.4. The third-order valence-electron chi connectivity index (χ3n) is 7.25. The first-order valence-electron chi connectivity index (χ1n) is 10.9. The Kier molecular flexibility index (Phi) is 7.02. The van der Waals surface area contributed by atoms with E-state index in [0.29, 0.717) is 11.7 Å². The van der Waals surface area contributed by atoms with E-state index in [1.807, 2.05) is 0 Å². The molecule has 0 aromatic carbocycles. The number of carbonyl (C=O) groups excluding carboxylic acids is 1. The van der Waals surface area contributed by atoms with E-state index in [2.05, 4.69) is 0 Å². The quantitative estimate of drug-likeness (QED) is 0.478. The second kappa shape index (κ2) is 9.23. The second-order valence-electron chi connectivity index (χ2n) is 8.82. The van der Waals surface area contributed by atoms with Gasteiger partial charge in [0.2, 0.25) is 0 Å². The Hall–Kier alpha value is -0.330. The van der Waals surface area contributed by atoms with Gasteiger partial charge in [-0.3, -0.25) is 4.79 Å². The van der Waals surface area contributed by atoms with Crippen LogP contribution in [0, 0.1) is 23.7 Å². The highest BCUT2D eigenvalue weighted by molar-refractivity contribution is 5.81. The van der Waals surface area contributed by atoms with Crippen LogP contribution in [-0.4, -0.2) is 5.78 Å². The molecule has 3 aliphatic carbocycles. The molecule has 23 heavy (non-hydrogen) atoms. The van der Waals surface area contributed by atoms with Crippen LogP contribution in [0.25, 0.3) is 0 Å². The molecular formula is C22H38O.